The summed E-state index contributed by atoms with van der Waals surface area (Å²) < 4.78 is 3.77. The van der Waals surface area contributed by atoms with Gasteiger partial charge in [-0.05, 0) is 50.1 Å². The SMILES string of the molecule is Cc1c(C)n(-c2cccnc2)c2ncn3nc(CCCN4C(=O)c5ccccc5C4=O)nc3c12. The Balaban J connectivity index is 1.28. The highest BCUT2D eigenvalue weighted by atomic mass is 16.2. The van der Waals surface area contributed by atoms with Gasteiger partial charge in [-0.1, -0.05) is 12.1 Å². The molecule has 5 heterocycles. The highest BCUT2D eigenvalue weighted by Crippen LogP contribution is 2.29. The van der Waals surface area contributed by atoms with Crippen LogP contribution in [0.4, 0.5) is 0 Å². The normalized spacial score (nSPS) is 13.4. The molecular formula is C25H21N7O2. The minimum atomic E-state index is -0.239. The van der Waals surface area contributed by atoms with Gasteiger partial charge in [0.05, 0.1) is 28.4 Å². The molecule has 0 unspecified atom stereocenters. The highest BCUT2D eigenvalue weighted by Gasteiger charge is 2.34. The van der Waals surface area contributed by atoms with E-state index in [4.69, 9.17) is 4.98 Å². The van der Waals surface area contributed by atoms with Crippen molar-refractivity contribution in [1.29, 1.82) is 0 Å². The second-order valence-corrected chi connectivity index (χ2v) is 8.41. The van der Waals surface area contributed by atoms with E-state index >= 15 is 0 Å². The summed E-state index contributed by atoms with van der Waals surface area (Å²) in [4.78, 5) is 40.2. The van der Waals surface area contributed by atoms with E-state index in [0.29, 0.717) is 36.3 Å². The number of amides is 2. The average molecular weight is 451 g/mol. The molecular weight excluding hydrogens is 430 g/mol. The smallest absolute Gasteiger partial charge is 0.261 e. The zero-order valence-electron chi connectivity index (χ0n) is 18.8. The number of benzene rings is 1. The Labute approximate surface area is 194 Å². The van der Waals surface area contributed by atoms with Crippen molar-refractivity contribution in [3.05, 3.63) is 83.3 Å². The summed E-state index contributed by atoms with van der Waals surface area (Å²) >= 11 is 0. The number of aryl methyl sites for hydroxylation is 2. The zero-order valence-corrected chi connectivity index (χ0v) is 18.8. The molecule has 6 rings (SSSR count). The Morgan fingerprint density at radius 3 is 2.41 bits per heavy atom. The van der Waals surface area contributed by atoms with Gasteiger partial charge in [0.25, 0.3) is 11.8 Å². The number of carbonyl (C=O) groups excluding carboxylic acids is 2. The second-order valence-electron chi connectivity index (χ2n) is 8.41. The number of hydrogen-bond donors (Lipinski definition) is 0. The van der Waals surface area contributed by atoms with E-state index < -0.39 is 0 Å². The van der Waals surface area contributed by atoms with Crippen LogP contribution in [0.3, 0.4) is 0 Å². The molecule has 0 aliphatic carbocycles. The van der Waals surface area contributed by atoms with Crippen LogP contribution in [-0.2, 0) is 6.42 Å². The van der Waals surface area contributed by atoms with Crippen LogP contribution >= 0.6 is 0 Å². The molecule has 0 bridgehead atoms. The van der Waals surface area contributed by atoms with Gasteiger partial charge in [-0.2, -0.15) is 0 Å². The number of nitrogens with zero attached hydrogens (tertiary/aromatic N) is 7. The van der Waals surface area contributed by atoms with Crippen LogP contribution in [0.15, 0.2) is 55.1 Å². The largest absolute Gasteiger partial charge is 0.297 e. The quantitative estimate of drug-likeness (QED) is 0.380. The van der Waals surface area contributed by atoms with Crippen LogP contribution in [-0.4, -0.2) is 52.4 Å². The topological polar surface area (TPSA) is 98.3 Å². The van der Waals surface area contributed by atoms with E-state index in [1.165, 1.54) is 4.90 Å². The lowest BCUT2D eigenvalue weighted by molar-refractivity contribution is 0.0652. The fourth-order valence-electron chi connectivity index (χ4n) is 4.65. The summed E-state index contributed by atoms with van der Waals surface area (Å²) in [6.45, 7) is 4.44. The summed E-state index contributed by atoms with van der Waals surface area (Å²) in [5.74, 6) is 0.173. The lowest BCUT2D eigenvalue weighted by Crippen LogP contribution is -2.31. The predicted octanol–water partition coefficient (Wildman–Crippen LogP) is 3.31. The molecule has 0 N–H and O–H groups in total. The van der Waals surface area contributed by atoms with Gasteiger partial charge in [-0.15, -0.1) is 5.10 Å². The summed E-state index contributed by atoms with van der Waals surface area (Å²) in [7, 11) is 0. The molecule has 1 aliphatic rings. The third kappa shape index (κ3) is 2.93. The highest BCUT2D eigenvalue weighted by molar-refractivity contribution is 6.21. The monoisotopic (exact) mass is 451 g/mol. The Morgan fingerprint density at radius 1 is 0.941 bits per heavy atom. The summed E-state index contributed by atoms with van der Waals surface area (Å²) in [5, 5.41) is 5.54. The lowest BCUT2D eigenvalue weighted by atomic mass is 10.1. The first-order chi connectivity index (χ1) is 16.5. The van der Waals surface area contributed by atoms with Crippen molar-refractivity contribution in [2.45, 2.75) is 26.7 Å². The Morgan fingerprint density at radius 2 is 1.71 bits per heavy atom. The summed E-state index contributed by atoms with van der Waals surface area (Å²) in [6, 6.07) is 10.8. The average Bonchev–Trinajstić information content (AvgIpc) is 3.47. The van der Waals surface area contributed by atoms with Crippen LogP contribution in [0.5, 0.6) is 0 Å². The molecule has 34 heavy (non-hydrogen) atoms. The molecule has 4 aromatic heterocycles. The molecule has 1 aliphatic heterocycles. The molecule has 0 saturated heterocycles. The van der Waals surface area contributed by atoms with Crippen molar-refractivity contribution >= 4 is 28.5 Å². The summed E-state index contributed by atoms with van der Waals surface area (Å²) in [6.07, 6.45) is 6.34. The fraction of sp³-hybridized carbons (Fsp3) is 0.200. The van der Waals surface area contributed by atoms with Crippen molar-refractivity contribution in [2.75, 3.05) is 6.54 Å². The van der Waals surface area contributed by atoms with Crippen molar-refractivity contribution in [3.63, 3.8) is 0 Å². The minimum absolute atomic E-state index is 0.239. The zero-order chi connectivity index (χ0) is 23.4. The molecule has 0 fully saturated rings. The first kappa shape index (κ1) is 20.2. The van der Waals surface area contributed by atoms with E-state index in [9.17, 15) is 9.59 Å². The molecule has 0 spiro atoms. The van der Waals surface area contributed by atoms with Gasteiger partial charge in [0.15, 0.2) is 17.1 Å². The van der Waals surface area contributed by atoms with Gasteiger partial charge in [0, 0.05) is 24.9 Å². The lowest BCUT2D eigenvalue weighted by Gasteiger charge is -2.12. The van der Waals surface area contributed by atoms with E-state index in [2.05, 4.69) is 33.5 Å². The third-order valence-corrected chi connectivity index (χ3v) is 6.44. The number of rotatable bonds is 5. The molecule has 5 aromatic rings. The van der Waals surface area contributed by atoms with Crippen LogP contribution in [0.1, 0.15) is 44.2 Å². The summed E-state index contributed by atoms with van der Waals surface area (Å²) in [5.41, 5.74) is 5.58. The standard InChI is InChI=1S/C25H21N7O2/c1-15-16(2)32(17-7-5-11-26-13-17)22-21(15)23-28-20(29-31(23)14-27-22)10-6-12-30-24(33)18-8-3-4-9-19(18)25(30)34/h3-5,7-9,11,13-14H,6,10,12H2,1-2H3. The Hall–Kier alpha value is -4.40. The van der Waals surface area contributed by atoms with Gasteiger partial charge >= 0.3 is 0 Å². The van der Waals surface area contributed by atoms with E-state index in [0.717, 1.165) is 33.6 Å². The maximum absolute atomic E-state index is 12.6. The van der Waals surface area contributed by atoms with Crippen LogP contribution in [0.2, 0.25) is 0 Å². The maximum atomic E-state index is 12.6. The first-order valence-electron chi connectivity index (χ1n) is 11.1. The first-order valence-corrected chi connectivity index (χ1v) is 11.1. The number of aromatic nitrogens is 6. The molecule has 1 aromatic carbocycles. The number of hydrogen-bond acceptors (Lipinski definition) is 6. The van der Waals surface area contributed by atoms with Crippen LogP contribution in [0.25, 0.3) is 22.4 Å². The van der Waals surface area contributed by atoms with Gasteiger partial charge in [0.1, 0.15) is 6.33 Å². The molecule has 0 saturated carbocycles. The van der Waals surface area contributed by atoms with Crippen molar-refractivity contribution in [1.82, 2.24) is 34.0 Å². The number of fused-ring (bicyclic) bond motifs is 4. The van der Waals surface area contributed by atoms with Crippen LogP contribution < -0.4 is 0 Å². The van der Waals surface area contributed by atoms with E-state index in [1.54, 1.807) is 41.3 Å². The molecule has 0 radical (unpaired) electrons. The van der Waals surface area contributed by atoms with Crippen LogP contribution in [0, 0.1) is 13.8 Å². The number of carbonyl (C=O) groups is 2. The number of imide groups is 1. The molecule has 168 valence electrons. The van der Waals surface area contributed by atoms with Gasteiger partial charge < -0.3 is 0 Å². The Kier molecular flexibility index (Phi) is 4.51. The molecule has 9 nitrogen and oxygen atoms in total. The van der Waals surface area contributed by atoms with Gasteiger partial charge in [-0.3, -0.25) is 24.0 Å². The third-order valence-electron chi connectivity index (χ3n) is 6.44. The van der Waals surface area contributed by atoms with Gasteiger partial charge in [-0.25, -0.2) is 14.5 Å². The molecule has 2 amide bonds. The molecule has 0 atom stereocenters. The fourth-order valence-corrected chi connectivity index (χ4v) is 4.65. The number of pyridine rings is 1. The minimum Gasteiger partial charge on any atom is -0.297 e. The Bertz CT molecular complexity index is 1570. The van der Waals surface area contributed by atoms with Crippen molar-refractivity contribution in [3.8, 4) is 5.69 Å². The van der Waals surface area contributed by atoms with Crippen molar-refractivity contribution in [2.24, 2.45) is 0 Å². The maximum Gasteiger partial charge on any atom is 0.261 e. The molecule has 9 heteroatoms. The van der Waals surface area contributed by atoms with E-state index in [-0.39, 0.29) is 11.8 Å². The van der Waals surface area contributed by atoms with E-state index in [1.807, 2.05) is 18.3 Å². The second kappa shape index (κ2) is 7.58. The van der Waals surface area contributed by atoms with Crippen molar-refractivity contribution < 1.29 is 9.59 Å². The van der Waals surface area contributed by atoms with Gasteiger partial charge in [0.2, 0.25) is 0 Å². The predicted molar refractivity (Wildman–Crippen MR) is 125 cm³/mol.